The van der Waals surface area contributed by atoms with Crippen LogP contribution in [-0.2, 0) is 6.42 Å². The molecule has 2 aromatic rings. The van der Waals surface area contributed by atoms with E-state index in [1.807, 2.05) is 24.4 Å². The third-order valence-electron chi connectivity index (χ3n) is 2.62. The Bertz CT molecular complexity index is 540. The highest BCUT2D eigenvalue weighted by atomic mass is 79.9. The fourth-order valence-corrected chi connectivity index (χ4v) is 2.23. The van der Waals surface area contributed by atoms with E-state index >= 15 is 0 Å². The van der Waals surface area contributed by atoms with Gasteiger partial charge in [0, 0.05) is 23.0 Å². The summed E-state index contributed by atoms with van der Waals surface area (Å²) < 4.78 is 1.06. The molecule has 0 aliphatic carbocycles. The molecule has 0 radical (unpaired) electrons. The molecule has 1 aromatic carbocycles. The van der Waals surface area contributed by atoms with Crippen LogP contribution in [0.3, 0.4) is 0 Å². The van der Waals surface area contributed by atoms with Gasteiger partial charge in [0.15, 0.2) is 0 Å². The molecule has 2 heterocycles. The monoisotopic (exact) mass is 275 g/mol. The van der Waals surface area contributed by atoms with Gasteiger partial charge in [0.2, 0.25) is 0 Å². The normalized spacial score (nSPS) is 13.3. The highest BCUT2D eigenvalue weighted by Crippen LogP contribution is 2.24. The zero-order chi connectivity index (χ0) is 11.0. The Morgan fingerprint density at radius 1 is 1.31 bits per heavy atom. The largest absolute Gasteiger partial charge is 0.368 e. The second-order valence-electron chi connectivity index (χ2n) is 3.74. The minimum Gasteiger partial charge on any atom is -0.368 e. The minimum atomic E-state index is 0.929. The molecule has 1 aliphatic heterocycles. The predicted octanol–water partition coefficient (Wildman–Crippen LogP) is 2.87. The number of halogens is 1. The Hall–Kier alpha value is -1.42. The molecule has 0 saturated carbocycles. The van der Waals surface area contributed by atoms with Crippen molar-refractivity contribution < 1.29 is 0 Å². The maximum Gasteiger partial charge on any atom is 0.147 e. The molecule has 1 aromatic heterocycles. The SMILES string of the molecule is Brc1cccc(-c2cnc3c(n2)CCN3)c1. The predicted molar refractivity (Wildman–Crippen MR) is 67.4 cm³/mol. The molecule has 16 heavy (non-hydrogen) atoms. The molecular weight excluding hydrogens is 266 g/mol. The summed E-state index contributed by atoms with van der Waals surface area (Å²) in [6.45, 7) is 0.942. The van der Waals surface area contributed by atoms with Crippen molar-refractivity contribution in [1.82, 2.24) is 9.97 Å². The summed E-state index contributed by atoms with van der Waals surface area (Å²) in [7, 11) is 0. The van der Waals surface area contributed by atoms with Gasteiger partial charge in [-0.15, -0.1) is 0 Å². The number of nitrogens with one attached hydrogen (secondary N) is 1. The van der Waals surface area contributed by atoms with Crippen molar-refractivity contribution in [2.75, 3.05) is 11.9 Å². The Kier molecular flexibility index (Phi) is 2.36. The summed E-state index contributed by atoms with van der Waals surface area (Å²) in [5.74, 6) is 0.929. The van der Waals surface area contributed by atoms with Crippen molar-refractivity contribution in [1.29, 1.82) is 0 Å². The number of nitrogens with zero attached hydrogens (tertiary/aromatic N) is 2. The quantitative estimate of drug-likeness (QED) is 0.870. The molecule has 0 unspecified atom stereocenters. The first kappa shape index (κ1) is 9.78. The highest BCUT2D eigenvalue weighted by molar-refractivity contribution is 9.10. The number of rotatable bonds is 1. The third kappa shape index (κ3) is 1.69. The molecule has 0 atom stereocenters. The lowest BCUT2D eigenvalue weighted by molar-refractivity contribution is 1.04. The van der Waals surface area contributed by atoms with Gasteiger partial charge in [-0.2, -0.15) is 0 Å². The van der Waals surface area contributed by atoms with Gasteiger partial charge in [0.25, 0.3) is 0 Å². The Morgan fingerprint density at radius 3 is 3.12 bits per heavy atom. The van der Waals surface area contributed by atoms with Gasteiger partial charge in [-0.05, 0) is 12.1 Å². The first-order valence-electron chi connectivity index (χ1n) is 5.19. The average Bonchev–Trinajstić information content (AvgIpc) is 2.75. The van der Waals surface area contributed by atoms with Crippen LogP contribution in [0, 0.1) is 0 Å². The van der Waals surface area contributed by atoms with Crippen LogP contribution in [0.15, 0.2) is 34.9 Å². The van der Waals surface area contributed by atoms with E-state index in [0.29, 0.717) is 0 Å². The van der Waals surface area contributed by atoms with E-state index in [2.05, 4.69) is 37.3 Å². The Balaban J connectivity index is 2.07. The second kappa shape index (κ2) is 3.87. The smallest absolute Gasteiger partial charge is 0.147 e. The molecule has 4 heteroatoms. The molecule has 0 saturated heterocycles. The van der Waals surface area contributed by atoms with E-state index < -0.39 is 0 Å². The van der Waals surface area contributed by atoms with Crippen molar-refractivity contribution >= 4 is 21.7 Å². The first-order valence-corrected chi connectivity index (χ1v) is 5.98. The molecule has 1 aliphatic rings. The molecule has 0 bridgehead atoms. The van der Waals surface area contributed by atoms with E-state index in [9.17, 15) is 0 Å². The van der Waals surface area contributed by atoms with Crippen LogP contribution in [-0.4, -0.2) is 16.5 Å². The second-order valence-corrected chi connectivity index (χ2v) is 4.65. The fourth-order valence-electron chi connectivity index (χ4n) is 1.84. The summed E-state index contributed by atoms with van der Waals surface area (Å²) in [4.78, 5) is 9.00. The van der Waals surface area contributed by atoms with Gasteiger partial charge in [0.1, 0.15) is 5.82 Å². The third-order valence-corrected chi connectivity index (χ3v) is 3.11. The van der Waals surface area contributed by atoms with Gasteiger partial charge < -0.3 is 5.32 Å². The molecular formula is C12H10BrN3. The van der Waals surface area contributed by atoms with E-state index in [-0.39, 0.29) is 0 Å². The molecule has 0 spiro atoms. The number of fused-ring (bicyclic) bond motifs is 1. The fraction of sp³-hybridized carbons (Fsp3) is 0.167. The number of hydrogen-bond acceptors (Lipinski definition) is 3. The van der Waals surface area contributed by atoms with Crippen LogP contribution in [0.1, 0.15) is 5.69 Å². The molecule has 80 valence electrons. The van der Waals surface area contributed by atoms with Gasteiger partial charge in [-0.3, -0.25) is 0 Å². The summed E-state index contributed by atoms with van der Waals surface area (Å²) >= 11 is 3.46. The lowest BCUT2D eigenvalue weighted by atomic mass is 10.1. The summed E-state index contributed by atoms with van der Waals surface area (Å²) in [5, 5.41) is 3.21. The van der Waals surface area contributed by atoms with Crippen LogP contribution in [0.5, 0.6) is 0 Å². The molecule has 0 fully saturated rings. The topological polar surface area (TPSA) is 37.8 Å². The van der Waals surface area contributed by atoms with E-state index in [1.54, 1.807) is 0 Å². The summed E-state index contributed by atoms with van der Waals surface area (Å²) in [5.41, 5.74) is 3.10. The highest BCUT2D eigenvalue weighted by Gasteiger charge is 2.13. The van der Waals surface area contributed by atoms with Gasteiger partial charge >= 0.3 is 0 Å². The van der Waals surface area contributed by atoms with Crippen molar-refractivity contribution in [2.45, 2.75) is 6.42 Å². The minimum absolute atomic E-state index is 0.929. The van der Waals surface area contributed by atoms with Gasteiger partial charge in [0.05, 0.1) is 17.6 Å². The van der Waals surface area contributed by atoms with Crippen LogP contribution in [0.25, 0.3) is 11.3 Å². The van der Waals surface area contributed by atoms with Crippen molar-refractivity contribution in [2.24, 2.45) is 0 Å². The van der Waals surface area contributed by atoms with Crippen LogP contribution >= 0.6 is 15.9 Å². The zero-order valence-corrected chi connectivity index (χ0v) is 10.2. The molecule has 3 rings (SSSR count). The number of anilines is 1. The van der Waals surface area contributed by atoms with Crippen LogP contribution in [0.4, 0.5) is 5.82 Å². The van der Waals surface area contributed by atoms with E-state index in [1.165, 1.54) is 0 Å². The first-order chi connectivity index (χ1) is 7.83. The van der Waals surface area contributed by atoms with E-state index in [0.717, 1.165) is 40.2 Å². The average molecular weight is 276 g/mol. The molecule has 1 N–H and O–H groups in total. The zero-order valence-electron chi connectivity index (χ0n) is 8.57. The Morgan fingerprint density at radius 2 is 2.25 bits per heavy atom. The molecule has 0 amide bonds. The maximum absolute atomic E-state index is 4.62. The van der Waals surface area contributed by atoms with Gasteiger partial charge in [-0.25, -0.2) is 9.97 Å². The van der Waals surface area contributed by atoms with Crippen LogP contribution < -0.4 is 5.32 Å². The summed E-state index contributed by atoms with van der Waals surface area (Å²) in [6, 6.07) is 8.11. The van der Waals surface area contributed by atoms with Crippen LogP contribution in [0.2, 0.25) is 0 Å². The van der Waals surface area contributed by atoms with Crippen molar-refractivity contribution in [3.8, 4) is 11.3 Å². The lowest BCUT2D eigenvalue weighted by Gasteiger charge is -2.03. The standard InChI is InChI=1S/C12H10BrN3/c13-9-3-1-2-8(6-9)11-7-15-12-10(16-11)4-5-14-12/h1-3,6-7H,4-5H2,(H,14,15). The van der Waals surface area contributed by atoms with Gasteiger partial charge in [-0.1, -0.05) is 28.1 Å². The number of hydrogen-bond donors (Lipinski definition) is 1. The number of benzene rings is 1. The summed E-state index contributed by atoms with van der Waals surface area (Å²) in [6.07, 6.45) is 2.78. The Labute approximate surface area is 102 Å². The van der Waals surface area contributed by atoms with Crippen molar-refractivity contribution in [3.05, 3.63) is 40.6 Å². The molecule has 3 nitrogen and oxygen atoms in total. The lowest BCUT2D eigenvalue weighted by Crippen LogP contribution is -1.94. The number of aromatic nitrogens is 2. The van der Waals surface area contributed by atoms with Crippen molar-refractivity contribution in [3.63, 3.8) is 0 Å². The maximum atomic E-state index is 4.62. The van der Waals surface area contributed by atoms with E-state index in [4.69, 9.17) is 0 Å².